The van der Waals surface area contributed by atoms with Gasteiger partial charge in [0.1, 0.15) is 11.5 Å². The second-order valence-corrected chi connectivity index (χ2v) is 13.6. The number of amides is 1. The van der Waals surface area contributed by atoms with Crippen LogP contribution in [0.25, 0.3) is 37.9 Å². The summed E-state index contributed by atoms with van der Waals surface area (Å²) in [4.78, 5) is 30.0. The van der Waals surface area contributed by atoms with Crippen molar-refractivity contribution < 1.29 is 4.79 Å². The molecule has 0 fully saturated rings. The number of nitrogens with two attached hydrogens (primary N) is 2. The molecule has 42 heavy (non-hydrogen) atoms. The van der Waals surface area contributed by atoms with Crippen LogP contribution in [-0.4, -0.2) is 25.2 Å². The molecule has 11 heteroatoms. The van der Waals surface area contributed by atoms with Gasteiger partial charge in [0.25, 0.3) is 5.56 Å². The average molecular weight is 690 g/mol. The number of nitrogens with one attached hydrogen (secondary N) is 1. The summed E-state index contributed by atoms with van der Waals surface area (Å²) < 4.78 is 3.50. The Labute approximate surface area is 259 Å². The molecule has 1 amide bonds. The van der Waals surface area contributed by atoms with Gasteiger partial charge in [-0.25, -0.2) is 9.67 Å². The minimum absolute atomic E-state index is 0.0962. The topological polar surface area (TPSA) is 134 Å². The number of thiazole rings is 1. The van der Waals surface area contributed by atoms with Crippen LogP contribution in [0.3, 0.4) is 0 Å². The van der Waals surface area contributed by atoms with E-state index in [9.17, 15) is 9.59 Å². The molecule has 0 saturated heterocycles. The van der Waals surface area contributed by atoms with Crippen LogP contribution < -0.4 is 22.3 Å². The maximum absolute atomic E-state index is 13.9. The van der Waals surface area contributed by atoms with Gasteiger partial charge in [0.15, 0.2) is 5.13 Å². The highest BCUT2D eigenvalue weighted by molar-refractivity contribution is 14.1. The number of alkyl halides is 1. The van der Waals surface area contributed by atoms with Crippen molar-refractivity contribution in [3.05, 3.63) is 100.0 Å². The summed E-state index contributed by atoms with van der Waals surface area (Å²) in [6.07, 6.45) is 0. The zero-order valence-corrected chi connectivity index (χ0v) is 26.2. The fourth-order valence-electron chi connectivity index (χ4n) is 5.27. The Hall–Kier alpha value is -4.07. The number of para-hydroxylation sites is 1. The summed E-state index contributed by atoms with van der Waals surface area (Å²) >= 11 is 3.55. The Morgan fingerprint density at radius 2 is 1.86 bits per heavy atom. The number of carbonyl (C=O) groups is 1. The fourth-order valence-corrected chi connectivity index (χ4v) is 6.76. The zero-order chi connectivity index (χ0) is 29.8. The summed E-state index contributed by atoms with van der Waals surface area (Å²) in [5.41, 5.74) is 18.7. The first kappa shape index (κ1) is 28.1. The lowest BCUT2D eigenvalue weighted by Gasteiger charge is -2.19. The second-order valence-electron chi connectivity index (χ2n) is 10.4. The fraction of sp³-hybridized carbons (Fsp3) is 0.161. The molecular weight excluding hydrogens is 661 g/mol. The number of hydrogen-bond donors (Lipinski definition) is 3. The molecule has 0 aliphatic heterocycles. The third-order valence-corrected chi connectivity index (χ3v) is 8.56. The molecule has 6 aromatic rings. The average Bonchev–Trinajstić information content (AvgIpc) is 3.48. The molecule has 1 atom stereocenters. The van der Waals surface area contributed by atoms with Gasteiger partial charge < -0.3 is 16.8 Å². The highest BCUT2D eigenvalue weighted by atomic mass is 127. The number of halogens is 1. The smallest absolute Gasteiger partial charge is 0.263 e. The van der Waals surface area contributed by atoms with Crippen molar-refractivity contribution in [1.82, 2.24) is 19.3 Å². The van der Waals surface area contributed by atoms with E-state index in [-0.39, 0.29) is 18.0 Å². The molecule has 0 aliphatic rings. The van der Waals surface area contributed by atoms with E-state index >= 15 is 0 Å². The molecule has 0 aliphatic carbocycles. The van der Waals surface area contributed by atoms with Crippen LogP contribution in [0.1, 0.15) is 30.7 Å². The highest BCUT2D eigenvalue weighted by Crippen LogP contribution is 2.40. The van der Waals surface area contributed by atoms with Gasteiger partial charge >= 0.3 is 0 Å². The van der Waals surface area contributed by atoms with E-state index in [0.29, 0.717) is 27.6 Å². The van der Waals surface area contributed by atoms with Gasteiger partial charge in [0, 0.05) is 23.9 Å². The van der Waals surface area contributed by atoms with Crippen molar-refractivity contribution in [1.29, 1.82) is 0 Å². The molecular formula is C31H28IN7O2S. The first-order valence-electron chi connectivity index (χ1n) is 13.2. The molecule has 0 saturated carbocycles. The van der Waals surface area contributed by atoms with Gasteiger partial charge in [0.2, 0.25) is 5.91 Å². The van der Waals surface area contributed by atoms with Gasteiger partial charge in [-0.05, 0) is 55.1 Å². The van der Waals surface area contributed by atoms with Gasteiger partial charge in [-0.2, -0.15) is 5.10 Å². The van der Waals surface area contributed by atoms with Gasteiger partial charge in [-0.3, -0.25) is 14.2 Å². The molecule has 212 valence electrons. The number of anilines is 2. The normalized spacial score (nSPS) is 13.0. The van der Waals surface area contributed by atoms with E-state index < -0.39 is 3.55 Å². The Kier molecular flexibility index (Phi) is 7.11. The van der Waals surface area contributed by atoms with Gasteiger partial charge in [0.05, 0.1) is 31.3 Å². The van der Waals surface area contributed by atoms with E-state index in [1.165, 1.54) is 18.3 Å². The Bertz CT molecular complexity index is 2060. The maximum Gasteiger partial charge on any atom is 0.263 e. The molecule has 6 rings (SSSR count). The van der Waals surface area contributed by atoms with Crippen molar-refractivity contribution in [3.8, 4) is 16.9 Å². The van der Waals surface area contributed by atoms with E-state index in [1.807, 2.05) is 86.6 Å². The Morgan fingerprint density at radius 1 is 1.10 bits per heavy atom. The predicted molar refractivity (Wildman–Crippen MR) is 179 cm³/mol. The molecule has 3 heterocycles. The number of aromatic nitrogens is 4. The lowest BCUT2D eigenvalue weighted by atomic mass is 10.0. The van der Waals surface area contributed by atoms with Crippen LogP contribution in [0.2, 0.25) is 0 Å². The standard InChI is InChI=1S/C31H28IN7O2S/c1-17-8-7-9-19-14-22(39(29(41)25(17)19)21-10-5-4-6-11-21)16-38-28(33)26(31(3,32)34)27(37-38)20-12-13-23-24(15-20)42-30(36-23)35-18(2)40/h4-15H,16,33-34H2,1-3H3,(H,35,36,40). The van der Waals surface area contributed by atoms with Crippen LogP contribution >= 0.6 is 33.9 Å². The monoisotopic (exact) mass is 689 g/mol. The molecule has 3 aromatic heterocycles. The lowest BCUT2D eigenvalue weighted by Crippen LogP contribution is -2.27. The van der Waals surface area contributed by atoms with Crippen LogP contribution in [0, 0.1) is 6.92 Å². The second kappa shape index (κ2) is 10.6. The zero-order valence-electron chi connectivity index (χ0n) is 23.2. The Balaban J connectivity index is 1.52. The predicted octanol–water partition coefficient (Wildman–Crippen LogP) is 5.93. The summed E-state index contributed by atoms with van der Waals surface area (Å²) in [5, 5.41) is 9.79. The number of rotatable bonds is 6. The van der Waals surface area contributed by atoms with Crippen LogP contribution in [-0.2, 0) is 14.9 Å². The van der Waals surface area contributed by atoms with E-state index in [4.69, 9.17) is 16.6 Å². The van der Waals surface area contributed by atoms with Gasteiger partial charge in [-0.15, -0.1) is 0 Å². The summed E-state index contributed by atoms with van der Waals surface area (Å²) in [6, 6.07) is 23.3. The molecule has 3 aromatic carbocycles. The molecule has 0 bridgehead atoms. The number of fused-ring (bicyclic) bond motifs is 2. The SMILES string of the molecule is CC(=O)Nc1nc2ccc(-c3nn(Cc4cc5cccc(C)c5c(=O)n4-c4ccccc4)c(N)c3C(C)(N)I)cc2s1. The number of aryl methyl sites for hydroxylation is 1. The molecule has 0 spiro atoms. The molecule has 0 radical (unpaired) electrons. The Morgan fingerprint density at radius 3 is 2.57 bits per heavy atom. The number of hydrogen-bond acceptors (Lipinski definition) is 7. The molecule has 9 nitrogen and oxygen atoms in total. The van der Waals surface area contributed by atoms with E-state index in [1.54, 1.807) is 9.25 Å². The minimum atomic E-state index is -0.834. The number of nitrogen functional groups attached to an aromatic ring is 1. The molecule has 5 N–H and O–H groups in total. The highest BCUT2D eigenvalue weighted by Gasteiger charge is 2.30. The number of pyridine rings is 1. The molecule has 1 unspecified atom stereocenters. The number of nitrogens with zero attached hydrogens (tertiary/aromatic N) is 4. The van der Waals surface area contributed by atoms with Crippen molar-refractivity contribution in [2.75, 3.05) is 11.1 Å². The summed E-state index contributed by atoms with van der Waals surface area (Å²) in [5.74, 6) is 0.244. The first-order chi connectivity index (χ1) is 20.0. The number of benzene rings is 3. The van der Waals surface area contributed by atoms with Crippen molar-refractivity contribution >= 4 is 71.8 Å². The largest absolute Gasteiger partial charge is 0.384 e. The lowest BCUT2D eigenvalue weighted by molar-refractivity contribution is -0.114. The maximum atomic E-state index is 13.9. The van der Waals surface area contributed by atoms with Crippen molar-refractivity contribution in [3.63, 3.8) is 0 Å². The van der Waals surface area contributed by atoms with Crippen LogP contribution in [0.15, 0.2) is 77.6 Å². The summed E-state index contributed by atoms with van der Waals surface area (Å²) in [7, 11) is 0. The van der Waals surface area contributed by atoms with Crippen molar-refractivity contribution in [2.24, 2.45) is 5.73 Å². The first-order valence-corrected chi connectivity index (χ1v) is 15.1. The third kappa shape index (κ3) is 5.08. The third-order valence-electron chi connectivity index (χ3n) is 7.08. The minimum Gasteiger partial charge on any atom is -0.384 e. The van der Waals surface area contributed by atoms with Crippen LogP contribution in [0.5, 0.6) is 0 Å². The summed E-state index contributed by atoms with van der Waals surface area (Å²) in [6.45, 7) is 5.53. The quantitative estimate of drug-likeness (QED) is 0.113. The van der Waals surface area contributed by atoms with E-state index in [2.05, 4.69) is 32.9 Å². The van der Waals surface area contributed by atoms with Gasteiger partial charge in [-0.1, -0.05) is 76.4 Å². The van der Waals surface area contributed by atoms with Crippen molar-refractivity contribution in [2.45, 2.75) is 30.9 Å². The van der Waals surface area contributed by atoms with Crippen LogP contribution in [0.4, 0.5) is 10.9 Å². The van der Waals surface area contributed by atoms with E-state index in [0.717, 1.165) is 38.1 Å². The number of carbonyl (C=O) groups excluding carboxylic acids is 1.